The first-order chi connectivity index (χ1) is 9.77. The van der Waals surface area contributed by atoms with Crippen LogP contribution in [0.2, 0.25) is 0 Å². The van der Waals surface area contributed by atoms with E-state index in [1.807, 2.05) is 0 Å². The van der Waals surface area contributed by atoms with Gasteiger partial charge in [-0.25, -0.2) is 4.79 Å². The molecule has 0 radical (unpaired) electrons. The van der Waals surface area contributed by atoms with E-state index in [0.717, 1.165) is 12.1 Å². The third-order valence-electron chi connectivity index (χ3n) is 3.32. The summed E-state index contributed by atoms with van der Waals surface area (Å²) in [5.74, 6) is -0.0143. The number of carbonyl (C=O) groups is 1. The molecule has 1 aliphatic heterocycles. The van der Waals surface area contributed by atoms with Gasteiger partial charge in [-0.05, 0) is 25.0 Å². The van der Waals surface area contributed by atoms with E-state index in [4.69, 9.17) is 15.6 Å². The number of rotatable bonds is 3. The summed E-state index contributed by atoms with van der Waals surface area (Å²) in [5.41, 5.74) is 4.49. The predicted molar refractivity (Wildman–Crippen MR) is 69.1 cm³/mol. The number of alkyl halides is 3. The van der Waals surface area contributed by atoms with Crippen molar-refractivity contribution in [2.24, 2.45) is 0 Å². The zero-order chi connectivity index (χ0) is 15.6. The summed E-state index contributed by atoms with van der Waals surface area (Å²) >= 11 is 0. The molecule has 0 aromatic heterocycles. The second-order valence-electron chi connectivity index (χ2n) is 4.87. The average molecular weight is 304 g/mol. The first kappa shape index (κ1) is 15.3. The highest BCUT2D eigenvalue weighted by Gasteiger charge is 2.32. The third-order valence-corrected chi connectivity index (χ3v) is 3.32. The van der Waals surface area contributed by atoms with Gasteiger partial charge in [-0.3, -0.25) is 0 Å². The lowest BCUT2D eigenvalue weighted by Crippen LogP contribution is -2.38. The Morgan fingerprint density at radius 1 is 1.43 bits per heavy atom. The molecule has 0 bridgehead atoms. The normalized spacial score (nSPS) is 18.8. The molecular formula is C13H15F3N2O3. The van der Waals surface area contributed by atoms with Gasteiger partial charge in [-0.15, -0.1) is 0 Å². The molecular weight excluding hydrogens is 289 g/mol. The van der Waals surface area contributed by atoms with E-state index in [9.17, 15) is 18.0 Å². The lowest BCUT2D eigenvalue weighted by atomic mass is 10.2. The zero-order valence-electron chi connectivity index (χ0n) is 11.1. The van der Waals surface area contributed by atoms with Gasteiger partial charge in [-0.1, -0.05) is 0 Å². The maximum Gasteiger partial charge on any atom is 0.416 e. The van der Waals surface area contributed by atoms with Gasteiger partial charge >= 0.3 is 12.3 Å². The third kappa shape index (κ3) is 3.71. The monoisotopic (exact) mass is 304 g/mol. The Balaban J connectivity index is 2.06. The van der Waals surface area contributed by atoms with Crippen molar-refractivity contribution in [2.75, 3.05) is 18.9 Å². The molecule has 1 atom stereocenters. The van der Waals surface area contributed by atoms with Gasteiger partial charge in [0, 0.05) is 18.3 Å². The average Bonchev–Trinajstić information content (AvgIpc) is 2.83. The summed E-state index contributed by atoms with van der Waals surface area (Å²) in [6.45, 7) is 0.418. The molecule has 1 unspecified atom stereocenters. The highest BCUT2D eigenvalue weighted by molar-refractivity contribution is 5.65. The van der Waals surface area contributed by atoms with Crippen LogP contribution in [0.3, 0.4) is 0 Å². The Bertz CT molecular complexity index is 534. The molecule has 1 aromatic rings. The van der Waals surface area contributed by atoms with E-state index < -0.39 is 17.8 Å². The summed E-state index contributed by atoms with van der Waals surface area (Å²) in [7, 11) is 0. The molecule has 1 saturated heterocycles. The standard InChI is InChI=1S/C13H15F3N2O3/c14-13(15,16)8-4-9(17)6-11(5-8)21-7-10-2-1-3-18(10)12(19)20/h4-6,10H,1-3,7,17H2,(H,19,20). The van der Waals surface area contributed by atoms with Crippen molar-refractivity contribution in [2.45, 2.75) is 25.1 Å². The van der Waals surface area contributed by atoms with Gasteiger partial charge in [0.05, 0.1) is 11.6 Å². The smallest absolute Gasteiger partial charge is 0.416 e. The summed E-state index contributed by atoms with van der Waals surface area (Å²) in [4.78, 5) is 12.2. The van der Waals surface area contributed by atoms with Crippen LogP contribution in [0.5, 0.6) is 5.75 Å². The molecule has 0 spiro atoms. The van der Waals surface area contributed by atoms with Crippen LogP contribution < -0.4 is 10.5 Å². The van der Waals surface area contributed by atoms with Crippen LogP contribution in [0, 0.1) is 0 Å². The van der Waals surface area contributed by atoms with Crippen LogP contribution >= 0.6 is 0 Å². The molecule has 5 nitrogen and oxygen atoms in total. The van der Waals surface area contributed by atoms with Crippen LogP contribution in [-0.4, -0.2) is 35.3 Å². The minimum absolute atomic E-state index is 0.00699. The molecule has 1 heterocycles. The SMILES string of the molecule is Nc1cc(OCC2CCCN2C(=O)O)cc(C(F)(F)F)c1. The summed E-state index contributed by atoms with van der Waals surface area (Å²) in [5, 5.41) is 8.98. The van der Waals surface area contributed by atoms with Gasteiger partial charge < -0.3 is 20.5 Å². The number of amides is 1. The molecule has 0 aliphatic carbocycles. The predicted octanol–water partition coefficient (Wildman–Crippen LogP) is 2.81. The van der Waals surface area contributed by atoms with Crippen LogP contribution in [0.1, 0.15) is 18.4 Å². The molecule has 21 heavy (non-hydrogen) atoms. The number of nitrogen functional groups attached to an aromatic ring is 1. The molecule has 1 aromatic carbocycles. The fourth-order valence-corrected chi connectivity index (χ4v) is 2.32. The van der Waals surface area contributed by atoms with Crippen LogP contribution in [0.15, 0.2) is 18.2 Å². The number of benzene rings is 1. The fourth-order valence-electron chi connectivity index (χ4n) is 2.32. The first-order valence-electron chi connectivity index (χ1n) is 6.37. The molecule has 1 amide bonds. The van der Waals surface area contributed by atoms with E-state index in [-0.39, 0.29) is 24.1 Å². The number of hydrogen-bond donors (Lipinski definition) is 2. The topological polar surface area (TPSA) is 75.8 Å². The second-order valence-corrected chi connectivity index (χ2v) is 4.87. The number of halogens is 3. The van der Waals surface area contributed by atoms with Gasteiger partial charge in [0.1, 0.15) is 12.4 Å². The number of anilines is 1. The number of ether oxygens (including phenoxy) is 1. The molecule has 1 fully saturated rings. The Labute approximate surface area is 119 Å². The quantitative estimate of drug-likeness (QED) is 0.842. The van der Waals surface area contributed by atoms with Crippen LogP contribution in [0.4, 0.5) is 23.7 Å². The minimum atomic E-state index is -4.51. The lowest BCUT2D eigenvalue weighted by molar-refractivity contribution is -0.137. The Morgan fingerprint density at radius 3 is 2.76 bits per heavy atom. The van der Waals surface area contributed by atoms with Crippen molar-refractivity contribution < 1.29 is 27.8 Å². The molecule has 1 aliphatic rings. The van der Waals surface area contributed by atoms with Crippen LogP contribution in [0.25, 0.3) is 0 Å². The van der Waals surface area contributed by atoms with Gasteiger partial charge in [0.15, 0.2) is 0 Å². The number of hydrogen-bond acceptors (Lipinski definition) is 3. The van der Waals surface area contributed by atoms with Gasteiger partial charge in [0.2, 0.25) is 0 Å². The summed E-state index contributed by atoms with van der Waals surface area (Å²) in [6, 6.07) is 2.62. The van der Waals surface area contributed by atoms with E-state index in [1.165, 1.54) is 11.0 Å². The molecule has 116 valence electrons. The van der Waals surface area contributed by atoms with Crippen molar-refractivity contribution in [1.82, 2.24) is 4.90 Å². The zero-order valence-corrected chi connectivity index (χ0v) is 11.1. The van der Waals surface area contributed by atoms with Crippen molar-refractivity contribution in [3.8, 4) is 5.75 Å². The maximum absolute atomic E-state index is 12.7. The Morgan fingerprint density at radius 2 is 2.14 bits per heavy atom. The van der Waals surface area contributed by atoms with Gasteiger partial charge in [0.25, 0.3) is 0 Å². The van der Waals surface area contributed by atoms with E-state index in [1.54, 1.807) is 0 Å². The van der Waals surface area contributed by atoms with E-state index in [2.05, 4.69) is 0 Å². The van der Waals surface area contributed by atoms with Crippen LogP contribution in [-0.2, 0) is 6.18 Å². The van der Waals surface area contributed by atoms with Crippen molar-refractivity contribution in [3.63, 3.8) is 0 Å². The largest absolute Gasteiger partial charge is 0.491 e. The Hall–Kier alpha value is -2.12. The van der Waals surface area contributed by atoms with E-state index in [0.29, 0.717) is 19.4 Å². The first-order valence-corrected chi connectivity index (χ1v) is 6.37. The molecule has 8 heteroatoms. The number of nitrogens with two attached hydrogens (primary N) is 1. The van der Waals surface area contributed by atoms with E-state index >= 15 is 0 Å². The molecule has 0 saturated carbocycles. The summed E-state index contributed by atoms with van der Waals surface area (Å²) < 4.78 is 43.3. The second kappa shape index (κ2) is 5.71. The number of carboxylic acid groups (broad SMARTS) is 1. The van der Waals surface area contributed by atoms with Crippen molar-refractivity contribution >= 4 is 11.8 Å². The number of nitrogens with zero attached hydrogens (tertiary/aromatic N) is 1. The maximum atomic E-state index is 12.7. The number of likely N-dealkylation sites (tertiary alicyclic amines) is 1. The van der Waals surface area contributed by atoms with Crippen molar-refractivity contribution in [1.29, 1.82) is 0 Å². The molecule has 2 rings (SSSR count). The molecule has 3 N–H and O–H groups in total. The highest BCUT2D eigenvalue weighted by Crippen LogP contribution is 2.33. The minimum Gasteiger partial charge on any atom is -0.491 e. The fraction of sp³-hybridized carbons (Fsp3) is 0.462. The lowest BCUT2D eigenvalue weighted by Gasteiger charge is -2.22. The van der Waals surface area contributed by atoms with Crippen molar-refractivity contribution in [3.05, 3.63) is 23.8 Å². The highest BCUT2D eigenvalue weighted by atomic mass is 19.4. The Kier molecular flexibility index (Phi) is 4.15. The van der Waals surface area contributed by atoms with Gasteiger partial charge in [-0.2, -0.15) is 13.2 Å². The summed E-state index contributed by atoms with van der Waals surface area (Å²) in [6.07, 6.45) is -4.22.